The van der Waals surface area contributed by atoms with Crippen molar-refractivity contribution in [2.45, 2.75) is 90.1 Å². The highest BCUT2D eigenvalue weighted by Gasteiger charge is 2.26. The minimum absolute atomic E-state index is 0.00387. The number of hydrogen-bond acceptors (Lipinski definition) is 2. The van der Waals surface area contributed by atoms with E-state index in [1.807, 2.05) is 0 Å². The number of nitrogens with one attached hydrogen (secondary N) is 1. The molecule has 0 aromatic rings. The predicted molar refractivity (Wildman–Crippen MR) is 88.3 cm³/mol. The molecule has 1 amide bonds. The molecular weight excluding hydrogens is 260 g/mol. The third-order valence-electron chi connectivity index (χ3n) is 5.32. The van der Waals surface area contributed by atoms with Crippen molar-refractivity contribution in [1.82, 2.24) is 10.2 Å². The van der Waals surface area contributed by atoms with Crippen LogP contribution in [0.2, 0.25) is 0 Å². The summed E-state index contributed by atoms with van der Waals surface area (Å²) in [6.45, 7) is 6.28. The van der Waals surface area contributed by atoms with Gasteiger partial charge in [0.05, 0.1) is 6.04 Å². The molecule has 2 rings (SSSR count). The van der Waals surface area contributed by atoms with Gasteiger partial charge in [0.15, 0.2) is 0 Å². The van der Waals surface area contributed by atoms with Crippen molar-refractivity contribution in [3.05, 3.63) is 0 Å². The maximum Gasteiger partial charge on any atom is 0.239 e. The largest absolute Gasteiger partial charge is 0.341 e. The maximum atomic E-state index is 12.6. The first-order valence-corrected chi connectivity index (χ1v) is 9.25. The summed E-state index contributed by atoms with van der Waals surface area (Å²) < 4.78 is 0. The number of rotatable bonds is 5. The topological polar surface area (TPSA) is 32.3 Å². The van der Waals surface area contributed by atoms with Gasteiger partial charge in [0.25, 0.3) is 0 Å². The SMILES string of the molecule is CCCC1CCC(NC(C)C(=O)N2CCCCCC2)CC1. The molecule has 1 heterocycles. The van der Waals surface area contributed by atoms with Crippen molar-refractivity contribution in [3.63, 3.8) is 0 Å². The minimum Gasteiger partial charge on any atom is -0.341 e. The van der Waals surface area contributed by atoms with Gasteiger partial charge in [-0.2, -0.15) is 0 Å². The zero-order valence-corrected chi connectivity index (χ0v) is 14.1. The Morgan fingerprint density at radius 2 is 1.71 bits per heavy atom. The van der Waals surface area contributed by atoms with Gasteiger partial charge < -0.3 is 10.2 Å². The van der Waals surface area contributed by atoms with E-state index in [1.54, 1.807) is 0 Å². The number of nitrogens with zero attached hydrogens (tertiary/aromatic N) is 1. The number of hydrogen-bond donors (Lipinski definition) is 1. The Balaban J connectivity index is 1.73. The van der Waals surface area contributed by atoms with Gasteiger partial charge in [-0.25, -0.2) is 0 Å². The molecule has 0 spiro atoms. The summed E-state index contributed by atoms with van der Waals surface area (Å²) in [6.07, 6.45) is 12.8. The smallest absolute Gasteiger partial charge is 0.239 e. The molecule has 2 fully saturated rings. The minimum atomic E-state index is -0.00387. The van der Waals surface area contributed by atoms with E-state index in [0.29, 0.717) is 11.9 Å². The molecule has 1 aliphatic heterocycles. The predicted octanol–water partition coefficient (Wildman–Crippen LogP) is 3.73. The first-order chi connectivity index (χ1) is 10.2. The van der Waals surface area contributed by atoms with Gasteiger partial charge in [-0.1, -0.05) is 32.6 Å². The second-order valence-electron chi connectivity index (χ2n) is 7.13. The Morgan fingerprint density at radius 1 is 1.10 bits per heavy atom. The summed E-state index contributed by atoms with van der Waals surface area (Å²) in [5, 5.41) is 3.61. The first kappa shape index (κ1) is 16.8. The normalized spacial score (nSPS) is 29.0. The van der Waals surface area contributed by atoms with Crippen LogP contribution in [0.1, 0.15) is 78.1 Å². The van der Waals surface area contributed by atoms with E-state index < -0.39 is 0 Å². The number of carbonyl (C=O) groups excluding carboxylic acids is 1. The van der Waals surface area contributed by atoms with Crippen LogP contribution in [0.5, 0.6) is 0 Å². The lowest BCUT2D eigenvalue weighted by Crippen LogP contribution is -2.49. The van der Waals surface area contributed by atoms with E-state index >= 15 is 0 Å². The van der Waals surface area contributed by atoms with Crippen LogP contribution in [0, 0.1) is 5.92 Å². The standard InChI is InChI=1S/C18H34N2O/c1-3-8-16-9-11-17(12-10-16)19-15(2)18(21)20-13-6-4-5-7-14-20/h15-17,19H,3-14H2,1-2H3. The summed E-state index contributed by atoms with van der Waals surface area (Å²) in [4.78, 5) is 14.6. The molecule has 122 valence electrons. The Labute approximate surface area is 130 Å². The quantitative estimate of drug-likeness (QED) is 0.838. The fraction of sp³-hybridized carbons (Fsp3) is 0.944. The van der Waals surface area contributed by atoms with Gasteiger partial charge >= 0.3 is 0 Å². The van der Waals surface area contributed by atoms with Crippen molar-refractivity contribution >= 4 is 5.91 Å². The van der Waals surface area contributed by atoms with E-state index in [2.05, 4.69) is 24.1 Å². The highest BCUT2D eigenvalue weighted by Crippen LogP contribution is 2.28. The van der Waals surface area contributed by atoms with Gasteiger partial charge in [-0.05, 0) is 51.4 Å². The molecule has 1 unspecified atom stereocenters. The zero-order valence-electron chi connectivity index (χ0n) is 14.1. The molecule has 0 radical (unpaired) electrons. The Kier molecular flexibility index (Phi) is 7.01. The summed E-state index contributed by atoms with van der Waals surface area (Å²) in [7, 11) is 0. The van der Waals surface area contributed by atoms with E-state index in [0.717, 1.165) is 19.0 Å². The molecule has 3 heteroatoms. The van der Waals surface area contributed by atoms with Crippen molar-refractivity contribution in [2.75, 3.05) is 13.1 Å². The molecule has 1 saturated carbocycles. The molecule has 0 bridgehead atoms. The molecule has 0 aromatic heterocycles. The van der Waals surface area contributed by atoms with Crippen LogP contribution in [0.15, 0.2) is 0 Å². The molecule has 3 nitrogen and oxygen atoms in total. The molecule has 21 heavy (non-hydrogen) atoms. The van der Waals surface area contributed by atoms with Crippen LogP contribution in [-0.2, 0) is 4.79 Å². The Bertz CT molecular complexity index is 302. The summed E-state index contributed by atoms with van der Waals surface area (Å²) in [5.41, 5.74) is 0. The fourth-order valence-electron chi connectivity index (χ4n) is 4.02. The Hall–Kier alpha value is -0.570. The lowest BCUT2D eigenvalue weighted by molar-refractivity contribution is -0.133. The number of carbonyl (C=O) groups is 1. The molecule has 1 N–H and O–H groups in total. The number of amides is 1. The molecule has 1 saturated heterocycles. The first-order valence-electron chi connectivity index (χ1n) is 9.25. The van der Waals surface area contributed by atoms with Crippen LogP contribution in [0.4, 0.5) is 0 Å². The molecular formula is C18H34N2O. The van der Waals surface area contributed by atoms with Crippen molar-refractivity contribution in [3.8, 4) is 0 Å². The third kappa shape index (κ3) is 5.28. The number of likely N-dealkylation sites (tertiary alicyclic amines) is 1. The van der Waals surface area contributed by atoms with Gasteiger partial charge in [-0.15, -0.1) is 0 Å². The van der Waals surface area contributed by atoms with E-state index in [1.165, 1.54) is 64.2 Å². The Morgan fingerprint density at radius 3 is 2.29 bits per heavy atom. The molecule has 1 atom stereocenters. The second-order valence-corrected chi connectivity index (χ2v) is 7.13. The van der Waals surface area contributed by atoms with E-state index in [9.17, 15) is 4.79 Å². The van der Waals surface area contributed by atoms with Crippen LogP contribution < -0.4 is 5.32 Å². The molecule has 2 aliphatic rings. The zero-order chi connectivity index (χ0) is 15.1. The summed E-state index contributed by atoms with van der Waals surface area (Å²) in [5.74, 6) is 1.26. The average Bonchev–Trinajstić information content (AvgIpc) is 2.78. The van der Waals surface area contributed by atoms with Gasteiger partial charge in [0, 0.05) is 19.1 Å². The second kappa shape index (κ2) is 8.77. The highest BCUT2D eigenvalue weighted by atomic mass is 16.2. The fourth-order valence-corrected chi connectivity index (χ4v) is 4.02. The van der Waals surface area contributed by atoms with Crippen molar-refractivity contribution < 1.29 is 4.79 Å². The van der Waals surface area contributed by atoms with Gasteiger partial charge in [0.2, 0.25) is 5.91 Å². The van der Waals surface area contributed by atoms with Crippen molar-refractivity contribution in [1.29, 1.82) is 0 Å². The lowest BCUT2D eigenvalue weighted by atomic mass is 9.83. The summed E-state index contributed by atoms with van der Waals surface area (Å²) in [6, 6.07) is 0.555. The molecule has 0 aromatic carbocycles. The van der Waals surface area contributed by atoms with Crippen LogP contribution in [0.25, 0.3) is 0 Å². The van der Waals surface area contributed by atoms with Crippen LogP contribution in [-0.4, -0.2) is 36.0 Å². The maximum absolute atomic E-state index is 12.6. The van der Waals surface area contributed by atoms with Crippen molar-refractivity contribution in [2.24, 2.45) is 5.92 Å². The lowest BCUT2D eigenvalue weighted by Gasteiger charge is -2.32. The van der Waals surface area contributed by atoms with Gasteiger partial charge in [0.1, 0.15) is 0 Å². The third-order valence-corrected chi connectivity index (χ3v) is 5.32. The van der Waals surface area contributed by atoms with E-state index in [-0.39, 0.29) is 6.04 Å². The highest BCUT2D eigenvalue weighted by molar-refractivity contribution is 5.81. The monoisotopic (exact) mass is 294 g/mol. The van der Waals surface area contributed by atoms with E-state index in [4.69, 9.17) is 0 Å². The van der Waals surface area contributed by atoms with Crippen LogP contribution >= 0.6 is 0 Å². The molecule has 1 aliphatic carbocycles. The average molecular weight is 294 g/mol. The van der Waals surface area contributed by atoms with Crippen LogP contribution in [0.3, 0.4) is 0 Å². The summed E-state index contributed by atoms with van der Waals surface area (Å²) >= 11 is 0. The van der Waals surface area contributed by atoms with Gasteiger partial charge in [-0.3, -0.25) is 4.79 Å².